The summed E-state index contributed by atoms with van der Waals surface area (Å²) in [5.74, 6) is 0.821. The van der Waals surface area contributed by atoms with Gasteiger partial charge in [0.05, 0.1) is 0 Å². The van der Waals surface area contributed by atoms with Gasteiger partial charge in [0.1, 0.15) is 0 Å². The van der Waals surface area contributed by atoms with Crippen LogP contribution in [0.2, 0.25) is 0 Å². The molecule has 4 nitrogen and oxygen atoms in total. The van der Waals surface area contributed by atoms with E-state index in [-0.39, 0.29) is 0 Å². The zero-order valence-corrected chi connectivity index (χ0v) is 11.4. The second kappa shape index (κ2) is 8.17. The molecular formula is C11H25N3OS. The summed E-state index contributed by atoms with van der Waals surface area (Å²) in [6.45, 7) is 7.95. The summed E-state index contributed by atoms with van der Waals surface area (Å²) >= 11 is 0. The van der Waals surface area contributed by atoms with Crippen LogP contribution in [0, 0.1) is 0 Å². The smallest absolute Gasteiger partial charge is 0.0244 e. The van der Waals surface area contributed by atoms with Gasteiger partial charge < -0.3 is 10.2 Å². The second-order valence-electron chi connectivity index (χ2n) is 4.53. The molecule has 96 valence electrons. The van der Waals surface area contributed by atoms with Crippen molar-refractivity contribution >= 4 is 10.8 Å². The molecule has 1 aliphatic heterocycles. The number of piperazine rings is 1. The Bertz CT molecular complexity index is 205. The Hall–Kier alpha value is 0.0300. The van der Waals surface area contributed by atoms with Gasteiger partial charge >= 0.3 is 0 Å². The molecule has 5 heteroatoms. The van der Waals surface area contributed by atoms with Crippen molar-refractivity contribution in [1.29, 1.82) is 0 Å². The molecule has 0 aromatic rings. The molecule has 0 bridgehead atoms. The first kappa shape index (κ1) is 14.1. The van der Waals surface area contributed by atoms with Crippen molar-refractivity contribution in [3.8, 4) is 0 Å². The van der Waals surface area contributed by atoms with Gasteiger partial charge in [-0.25, -0.2) is 0 Å². The minimum absolute atomic E-state index is 0.635. The van der Waals surface area contributed by atoms with Crippen LogP contribution in [-0.2, 0) is 10.8 Å². The Morgan fingerprint density at radius 1 is 1.19 bits per heavy atom. The summed E-state index contributed by atoms with van der Waals surface area (Å²) in [4.78, 5) is 4.88. The third kappa shape index (κ3) is 6.58. The zero-order chi connectivity index (χ0) is 11.8. The molecule has 1 rings (SSSR count). The number of nitrogens with one attached hydrogen (secondary N) is 1. The van der Waals surface area contributed by atoms with E-state index in [1.165, 1.54) is 26.2 Å². The first-order chi connectivity index (χ1) is 7.68. The lowest BCUT2D eigenvalue weighted by Gasteiger charge is -2.32. The molecule has 0 amide bonds. The number of rotatable bonds is 7. The van der Waals surface area contributed by atoms with Crippen LogP contribution in [0.25, 0.3) is 0 Å². The van der Waals surface area contributed by atoms with Gasteiger partial charge in [0.2, 0.25) is 0 Å². The van der Waals surface area contributed by atoms with Gasteiger partial charge in [-0.1, -0.05) is 0 Å². The van der Waals surface area contributed by atoms with Crippen molar-refractivity contribution in [3.05, 3.63) is 0 Å². The van der Waals surface area contributed by atoms with Crippen LogP contribution in [0.15, 0.2) is 0 Å². The van der Waals surface area contributed by atoms with Crippen LogP contribution in [0.3, 0.4) is 0 Å². The summed E-state index contributed by atoms with van der Waals surface area (Å²) in [5.41, 5.74) is 0. The van der Waals surface area contributed by atoms with E-state index in [0.717, 1.165) is 31.8 Å². The van der Waals surface area contributed by atoms with Crippen molar-refractivity contribution in [3.63, 3.8) is 0 Å². The third-order valence-corrected chi connectivity index (χ3v) is 3.85. The molecule has 1 heterocycles. The first-order valence-corrected chi connectivity index (χ1v) is 7.83. The third-order valence-electron chi connectivity index (χ3n) is 2.99. The highest BCUT2D eigenvalue weighted by atomic mass is 32.2. The summed E-state index contributed by atoms with van der Waals surface area (Å²) in [6.07, 6.45) is 2.79. The van der Waals surface area contributed by atoms with Gasteiger partial charge in [-0.05, 0) is 20.0 Å². The predicted octanol–water partition coefficient (Wildman–Crippen LogP) is -0.408. The molecule has 0 aliphatic carbocycles. The topological polar surface area (TPSA) is 35.6 Å². The van der Waals surface area contributed by atoms with Crippen LogP contribution < -0.4 is 5.32 Å². The summed E-state index contributed by atoms with van der Waals surface area (Å²) in [6, 6.07) is 0. The normalized spacial score (nSPS) is 21.1. The molecule has 0 spiro atoms. The predicted molar refractivity (Wildman–Crippen MR) is 70.4 cm³/mol. The van der Waals surface area contributed by atoms with Crippen molar-refractivity contribution < 1.29 is 4.21 Å². The number of nitrogens with zero attached hydrogens (tertiary/aromatic N) is 2. The number of hydrogen-bond donors (Lipinski definition) is 1. The Morgan fingerprint density at radius 2 is 1.88 bits per heavy atom. The van der Waals surface area contributed by atoms with Crippen LogP contribution in [-0.4, -0.2) is 78.9 Å². The molecule has 1 fully saturated rings. The van der Waals surface area contributed by atoms with E-state index in [9.17, 15) is 4.21 Å². The van der Waals surface area contributed by atoms with Gasteiger partial charge in [0.25, 0.3) is 0 Å². The van der Waals surface area contributed by atoms with E-state index in [1.54, 1.807) is 6.26 Å². The fraction of sp³-hybridized carbons (Fsp3) is 1.00. The van der Waals surface area contributed by atoms with E-state index in [1.807, 2.05) is 0 Å². The molecule has 0 aromatic carbocycles. The van der Waals surface area contributed by atoms with E-state index in [2.05, 4.69) is 22.2 Å². The van der Waals surface area contributed by atoms with Gasteiger partial charge in [0.15, 0.2) is 0 Å². The number of likely N-dealkylation sites (N-methyl/N-ethyl adjacent to an activating group) is 1. The van der Waals surface area contributed by atoms with Crippen molar-refractivity contribution in [2.45, 2.75) is 6.42 Å². The largest absolute Gasteiger partial charge is 0.315 e. The van der Waals surface area contributed by atoms with Crippen LogP contribution >= 0.6 is 0 Å². The lowest BCUT2D eigenvalue weighted by Crippen LogP contribution is -2.46. The monoisotopic (exact) mass is 247 g/mol. The van der Waals surface area contributed by atoms with E-state index in [4.69, 9.17) is 0 Å². The molecule has 0 saturated carbocycles. The van der Waals surface area contributed by atoms with Crippen molar-refractivity contribution in [2.24, 2.45) is 0 Å². The Kier molecular flexibility index (Phi) is 7.20. The van der Waals surface area contributed by atoms with Crippen molar-refractivity contribution in [1.82, 2.24) is 15.1 Å². The average Bonchev–Trinajstić information content (AvgIpc) is 2.25. The quantitative estimate of drug-likeness (QED) is 0.621. The molecular weight excluding hydrogens is 222 g/mol. The fourth-order valence-corrected chi connectivity index (χ4v) is 2.38. The standard InChI is InChI=1S/C11H25N3OS/c1-13-7-9-14(10-8-13)6-5-12-4-3-11-16(2)15/h12H,3-11H2,1-2H3. The van der Waals surface area contributed by atoms with E-state index < -0.39 is 10.8 Å². The summed E-state index contributed by atoms with van der Waals surface area (Å²) < 4.78 is 10.8. The molecule has 1 unspecified atom stereocenters. The van der Waals surface area contributed by atoms with Crippen LogP contribution in [0.1, 0.15) is 6.42 Å². The second-order valence-corrected chi connectivity index (χ2v) is 6.08. The minimum atomic E-state index is -0.635. The summed E-state index contributed by atoms with van der Waals surface area (Å²) in [7, 11) is 1.55. The lowest BCUT2D eigenvalue weighted by molar-refractivity contribution is 0.155. The van der Waals surface area contributed by atoms with Gasteiger partial charge in [-0.15, -0.1) is 0 Å². The van der Waals surface area contributed by atoms with Crippen LogP contribution in [0.5, 0.6) is 0 Å². The fourth-order valence-electron chi connectivity index (χ4n) is 1.83. The van der Waals surface area contributed by atoms with Gasteiger partial charge in [-0.2, -0.15) is 0 Å². The SMILES string of the molecule is CN1CCN(CCNCCCS(C)=O)CC1. The number of hydrogen-bond acceptors (Lipinski definition) is 4. The molecule has 16 heavy (non-hydrogen) atoms. The first-order valence-electron chi connectivity index (χ1n) is 6.10. The molecule has 1 saturated heterocycles. The maximum absolute atomic E-state index is 10.8. The Balaban J connectivity index is 1.89. The van der Waals surface area contributed by atoms with Crippen LogP contribution in [0.4, 0.5) is 0 Å². The molecule has 1 atom stereocenters. The van der Waals surface area contributed by atoms with Gasteiger partial charge in [-0.3, -0.25) is 9.11 Å². The highest BCUT2D eigenvalue weighted by Crippen LogP contribution is 1.97. The molecule has 1 N–H and O–H groups in total. The van der Waals surface area contributed by atoms with E-state index in [0.29, 0.717) is 0 Å². The average molecular weight is 247 g/mol. The molecule has 1 aliphatic rings. The van der Waals surface area contributed by atoms with Crippen molar-refractivity contribution in [2.75, 3.05) is 64.9 Å². The lowest BCUT2D eigenvalue weighted by atomic mass is 10.3. The summed E-state index contributed by atoms with van der Waals surface area (Å²) in [5, 5.41) is 3.41. The highest BCUT2D eigenvalue weighted by Gasteiger charge is 2.12. The molecule has 0 radical (unpaired) electrons. The Morgan fingerprint density at radius 3 is 2.50 bits per heavy atom. The van der Waals surface area contributed by atoms with Gasteiger partial charge in [0, 0.05) is 62.1 Å². The zero-order valence-electron chi connectivity index (χ0n) is 10.6. The maximum atomic E-state index is 10.8. The maximum Gasteiger partial charge on any atom is 0.0244 e. The highest BCUT2D eigenvalue weighted by molar-refractivity contribution is 7.84. The minimum Gasteiger partial charge on any atom is -0.315 e. The molecule has 0 aromatic heterocycles. The Labute approximate surface area is 102 Å². The van der Waals surface area contributed by atoms with E-state index >= 15 is 0 Å².